The van der Waals surface area contributed by atoms with E-state index in [4.69, 9.17) is 9.47 Å². The predicted octanol–water partition coefficient (Wildman–Crippen LogP) is -0.540. The number of rotatable bonds is 2. The van der Waals surface area contributed by atoms with Crippen molar-refractivity contribution < 1.29 is 14.3 Å². The monoisotopic (exact) mass is 351 g/mol. The van der Waals surface area contributed by atoms with E-state index in [1.165, 1.54) is 22.0 Å². The number of carbonyl (C=O) groups is 1. The highest BCUT2D eigenvalue weighted by molar-refractivity contribution is 7.20. The Bertz CT molecular complexity index is 807. The molecule has 2 aromatic heterocycles. The van der Waals surface area contributed by atoms with Crippen molar-refractivity contribution in [1.29, 1.82) is 0 Å². The summed E-state index contributed by atoms with van der Waals surface area (Å²) in [4.78, 5) is 33.6. The van der Waals surface area contributed by atoms with Crippen LogP contribution in [0.3, 0.4) is 0 Å². The fourth-order valence-corrected chi connectivity index (χ4v) is 3.65. The van der Waals surface area contributed by atoms with E-state index >= 15 is 0 Å². The van der Waals surface area contributed by atoms with Gasteiger partial charge in [-0.25, -0.2) is 4.98 Å². The zero-order valence-corrected chi connectivity index (χ0v) is 13.8. The largest absolute Gasteiger partial charge is 0.378 e. The van der Waals surface area contributed by atoms with E-state index in [2.05, 4.69) is 15.0 Å². The topological polar surface area (TPSA) is 89.3 Å². The molecule has 0 radical (unpaired) electrons. The predicted molar refractivity (Wildman–Crippen MR) is 86.9 cm³/mol. The summed E-state index contributed by atoms with van der Waals surface area (Å²) in [6, 6.07) is 0. The van der Waals surface area contributed by atoms with E-state index < -0.39 is 5.56 Å². The second-order valence-corrected chi connectivity index (χ2v) is 6.49. The molecule has 0 N–H and O–H groups in total. The second-order valence-electron chi connectivity index (χ2n) is 5.56. The van der Waals surface area contributed by atoms with E-state index in [1.54, 1.807) is 4.90 Å². The van der Waals surface area contributed by atoms with Crippen molar-refractivity contribution in [2.45, 2.75) is 0 Å². The van der Waals surface area contributed by atoms with E-state index in [1.807, 2.05) is 0 Å². The molecule has 2 saturated heterocycles. The Morgan fingerprint density at radius 2 is 1.75 bits per heavy atom. The van der Waals surface area contributed by atoms with Crippen molar-refractivity contribution in [2.24, 2.45) is 0 Å². The summed E-state index contributed by atoms with van der Waals surface area (Å²) >= 11 is 1.34. The van der Waals surface area contributed by atoms with Gasteiger partial charge >= 0.3 is 0 Å². The Morgan fingerprint density at radius 3 is 2.46 bits per heavy atom. The number of fused-ring (bicyclic) bond motifs is 1. The van der Waals surface area contributed by atoms with E-state index in [0.29, 0.717) is 44.5 Å². The number of hydrogen-bond acceptors (Lipinski definition) is 8. The quantitative estimate of drug-likeness (QED) is 0.718. The third-order valence-electron chi connectivity index (χ3n) is 4.09. The minimum atomic E-state index is -0.424. The summed E-state index contributed by atoms with van der Waals surface area (Å²) in [6.07, 6.45) is 1.36. The number of amides is 1. The number of hydrogen-bond donors (Lipinski definition) is 0. The molecule has 4 rings (SSSR count). The zero-order valence-electron chi connectivity index (χ0n) is 13.0. The highest BCUT2D eigenvalue weighted by atomic mass is 32.1. The maximum Gasteiger partial charge on any atom is 0.288 e. The van der Waals surface area contributed by atoms with Crippen molar-refractivity contribution in [1.82, 2.24) is 19.5 Å². The highest BCUT2D eigenvalue weighted by Crippen LogP contribution is 2.22. The smallest absolute Gasteiger partial charge is 0.288 e. The van der Waals surface area contributed by atoms with Crippen molar-refractivity contribution >= 4 is 27.3 Å². The summed E-state index contributed by atoms with van der Waals surface area (Å²) in [7, 11) is 0. The van der Waals surface area contributed by atoms with Crippen LogP contribution >= 0.6 is 11.3 Å². The Balaban J connectivity index is 1.66. The number of ether oxygens (including phenoxy) is 2. The molecule has 24 heavy (non-hydrogen) atoms. The standard InChI is InChI=1S/C14H17N5O4S/c20-11(17-1-5-22-6-2-17)10-9-15-13-19(12(10)21)16-14(24-13)18-3-7-23-8-4-18/h9H,1-8H2. The molecule has 2 fully saturated rings. The third kappa shape index (κ3) is 2.76. The molecule has 0 spiro atoms. The van der Waals surface area contributed by atoms with Gasteiger partial charge in [-0.3, -0.25) is 9.59 Å². The fourth-order valence-electron chi connectivity index (χ4n) is 2.74. The fraction of sp³-hybridized carbons (Fsp3) is 0.571. The van der Waals surface area contributed by atoms with Gasteiger partial charge in [0, 0.05) is 32.4 Å². The lowest BCUT2D eigenvalue weighted by molar-refractivity contribution is 0.0301. The van der Waals surface area contributed by atoms with Gasteiger partial charge in [-0.2, -0.15) is 4.52 Å². The van der Waals surface area contributed by atoms with E-state index in [9.17, 15) is 9.59 Å². The molecule has 128 valence electrons. The molecular formula is C14H17N5O4S. The molecule has 0 aliphatic carbocycles. The van der Waals surface area contributed by atoms with Gasteiger partial charge in [0.25, 0.3) is 11.5 Å². The molecule has 4 heterocycles. The zero-order chi connectivity index (χ0) is 16.5. The minimum Gasteiger partial charge on any atom is -0.378 e. The van der Waals surface area contributed by atoms with Gasteiger partial charge in [0.1, 0.15) is 5.56 Å². The average molecular weight is 351 g/mol. The lowest BCUT2D eigenvalue weighted by Gasteiger charge is -2.26. The van der Waals surface area contributed by atoms with Crippen molar-refractivity contribution in [3.63, 3.8) is 0 Å². The van der Waals surface area contributed by atoms with Crippen LogP contribution in [0.2, 0.25) is 0 Å². The van der Waals surface area contributed by atoms with Gasteiger partial charge in [-0.05, 0) is 0 Å². The maximum absolute atomic E-state index is 12.7. The van der Waals surface area contributed by atoms with Crippen molar-refractivity contribution in [3.05, 3.63) is 22.1 Å². The molecule has 2 aliphatic rings. The summed E-state index contributed by atoms with van der Waals surface area (Å²) in [6.45, 7) is 4.68. The molecule has 2 aliphatic heterocycles. The van der Waals surface area contributed by atoms with Crippen LogP contribution in [0.15, 0.2) is 11.0 Å². The van der Waals surface area contributed by atoms with Gasteiger partial charge in [-0.1, -0.05) is 11.3 Å². The van der Waals surface area contributed by atoms with Gasteiger partial charge in [0.05, 0.1) is 26.4 Å². The summed E-state index contributed by atoms with van der Waals surface area (Å²) in [5, 5.41) is 5.08. The first-order chi connectivity index (χ1) is 11.7. The molecule has 0 saturated carbocycles. The number of carbonyl (C=O) groups excluding carboxylic acids is 1. The third-order valence-corrected chi connectivity index (χ3v) is 5.07. The Kier molecular flexibility index (Phi) is 4.17. The molecule has 2 aromatic rings. The lowest BCUT2D eigenvalue weighted by Crippen LogP contribution is -2.43. The second kappa shape index (κ2) is 6.46. The molecule has 0 aromatic carbocycles. The molecule has 10 heteroatoms. The number of aromatic nitrogens is 3. The normalized spacial score (nSPS) is 19.0. The Morgan fingerprint density at radius 1 is 1.08 bits per heavy atom. The van der Waals surface area contributed by atoms with Gasteiger partial charge in [-0.15, -0.1) is 5.10 Å². The Hall–Kier alpha value is -2.04. The van der Waals surface area contributed by atoms with Crippen LogP contribution in [0, 0.1) is 0 Å². The SMILES string of the molecule is O=C(c1cnc2sc(N3CCOCC3)nn2c1=O)N1CCOCC1. The van der Waals surface area contributed by atoms with Gasteiger partial charge in [0.2, 0.25) is 10.1 Å². The lowest BCUT2D eigenvalue weighted by atomic mass is 10.2. The molecular weight excluding hydrogens is 334 g/mol. The van der Waals surface area contributed by atoms with Crippen LogP contribution in [0.5, 0.6) is 0 Å². The molecule has 0 unspecified atom stereocenters. The first-order valence-corrected chi connectivity index (χ1v) is 8.64. The summed E-state index contributed by atoms with van der Waals surface area (Å²) in [5.74, 6) is -0.314. The van der Waals surface area contributed by atoms with Crippen molar-refractivity contribution in [3.8, 4) is 0 Å². The van der Waals surface area contributed by atoms with Gasteiger partial charge < -0.3 is 19.3 Å². The molecule has 0 atom stereocenters. The first-order valence-electron chi connectivity index (χ1n) is 7.82. The van der Waals surface area contributed by atoms with Crippen LogP contribution in [0.4, 0.5) is 5.13 Å². The van der Waals surface area contributed by atoms with Gasteiger partial charge in [0.15, 0.2) is 0 Å². The average Bonchev–Trinajstić information content (AvgIpc) is 3.08. The molecule has 0 bridgehead atoms. The van der Waals surface area contributed by atoms with Crippen LogP contribution in [0.1, 0.15) is 10.4 Å². The van der Waals surface area contributed by atoms with E-state index in [0.717, 1.165) is 18.2 Å². The summed E-state index contributed by atoms with van der Waals surface area (Å²) < 4.78 is 11.8. The van der Waals surface area contributed by atoms with E-state index in [-0.39, 0.29) is 11.5 Å². The minimum absolute atomic E-state index is 0.0493. The number of morpholine rings is 2. The molecule has 1 amide bonds. The number of nitrogens with zero attached hydrogens (tertiary/aromatic N) is 5. The number of anilines is 1. The first kappa shape index (κ1) is 15.5. The van der Waals surface area contributed by atoms with Crippen LogP contribution in [0.25, 0.3) is 4.96 Å². The van der Waals surface area contributed by atoms with Crippen LogP contribution < -0.4 is 10.5 Å². The van der Waals surface area contributed by atoms with Crippen molar-refractivity contribution in [2.75, 3.05) is 57.5 Å². The molecule has 9 nitrogen and oxygen atoms in total. The maximum atomic E-state index is 12.7. The van der Waals surface area contributed by atoms with Crippen LogP contribution in [-0.4, -0.2) is 78.0 Å². The highest BCUT2D eigenvalue weighted by Gasteiger charge is 2.24. The summed E-state index contributed by atoms with van der Waals surface area (Å²) in [5.41, 5.74) is -0.375. The van der Waals surface area contributed by atoms with Crippen LogP contribution in [-0.2, 0) is 9.47 Å². The Labute approximate surface area is 141 Å².